The lowest BCUT2D eigenvalue weighted by Crippen LogP contribution is -2.17. The lowest BCUT2D eigenvalue weighted by atomic mass is 10.3. The smallest absolute Gasteiger partial charge is 0.241 e. The van der Waals surface area contributed by atoms with Crippen LogP contribution in [0.25, 0.3) is 0 Å². The Morgan fingerprint density at radius 2 is 2.00 bits per heavy atom. The SMILES string of the molecule is CN(C)c1cccc(S(N)(=O)=O)c1OC1CC1. The van der Waals surface area contributed by atoms with Gasteiger partial charge in [0.05, 0.1) is 11.8 Å². The van der Waals surface area contributed by atoms with Crippen LogP contribution in [-0.2, 0) is 10.0 Å². The number of hydrogen-bond donors (Lipinski definition) is 1. The molecule has 0 spiro atoms. The van der Waals surface area contributed by atoms with E-state index in [1.807, 2.05) is 25.1 Å². The fraction of sp³-hybridized carbons (Fsp3) is 0.455. The third kappa shape index (κ3) is 2.70. The van der Waals surface area contributed by atoms with Gasteiger partial charge in [-0.3, -0.25) is 0 Å². The first kappa shape index (κ1) is 12.2. The molecule has 1 fully saturated rings. The van der Waals surface area contributed by atoms with Crippen LogP contribution < -0.4 is 14.8 Å². The van der Waals surface area contributed by atoms with Crippen LogP contribution in [0.2, 0.25) is 0 Å². The Morgan fingerprint density at radius 3 is 2.47 bits per heavy atom. The lowest BCUT2D eigenvalue weighted by molar-refractivity contribution is 0.296. The van der Waals surface area contributed by atoms with E-state index < -0.39 is 10.0 Å². The summed E-state index contributed by atoms with van der Waals surface area (Å²) in [6.45, 7) is 0. The van der Waals surface area contributed by atoms with Crippen LogP contribution >= 0.6 is 0 Å². The first-order chi connectivity index (χ1) is 7.89. The summed E-state index contributed by atoms with van der Waals surface area (Å²) in [5.74, 6) is 0.363. The number of primary sulfonamides is 1. The summed E-state index contributed by atoms with van der Waals surface area (Å²) in [7, 11) is -0.0884. The summed E-state index contributed by atoms with van der Waals surface area (Å²) in [6.07, 6.45) is 2.05. The highest BCUT2D eigenvalue weighted by molar-refractivity contribution is 7.89. The van der Waals surface area contributed by atoms with E-state index in [2.05, 4.69) is 0 Å². The van der Waals surface area contributed by atoms with Crippen LogP contribution in [0, 0.1) is 0 Å². The van der Waals surface area contributed by atoms with Crippen LogP contribution in [0.3, 0.4) is 0 Å². The van der Waals surface area contributed by atoms with Gasteiger partial charge in [-0.15, -0.1) is 0 Å². The molecule has 0 amide bonds. The number of nitrogens with zero attached hydrogens (tertiary/aromatic N) is 1. The molecular weight excluding hydrogens is 240 g/mol. The zero-order valence-electron chi connectivity index (χ0n) is 9.88. The van der Waals surface area contributed by atoms with E-state index in [0.29, 0.717) is 5.75 Å². The van der Waals surface area contributed by atoms with Gasteiger partial charge in [0.1, 0.15) is 4.90 Å². The van der Waals surface area contributed by atoms with Gasteiger partial charge in [0, 0.05) is 14.1 Å². The molecule has 2 rings (SSSR count). The minimum atomic E-state index is -3.76. The molecule has 17 heavy (non-hydrogen) atoms. The maximum absolute atomic E-state index is 11.5. The van der Waals surface area contributed by atoms with Crippen molar-refractivity contribution in [3.8, 4) is 5.75 Å². The van der Waals surface area contributed by atoms with E-state index in [1.54, 1.807) is 6.07 Å². The second-order valence-corrected chi connectivity index (χ2v) is 5.89. The number of ether oxygens (including phenoxy) is 1. The van der Waals surface area contributed by atoms with Crippen molar-refractivity contribution in [1.82, 2.24) is 0 Å². The Kier molecular flexibility index (Phi) is 3.01. The van der Waals surface area contributed by atoms with Gasteiger partial charge in [0.2, 0.25) is 10.0 Å². The molecule has 1 aliphatic rings. The number of anilines is 1. The molecule has 1 aromatic rings. The second-order valence-electron chi connectivity index (χ2n) is 4.36. The van der Waals surface area contributed by atoms with Crippen molar-refractivity contribution < 1.29 is 13.2 Å². The van der Waals surface area contributed by atoms with Crippen LogP contribution in [0.4, 0.5) is 5.69 Å². The predicted octanol–water partition coefficient (Wildman–Crippen LogP) is 0.941. The van der Waals surface area contributed by atoms with Gasteiger partial charge >= 0.3 is 0 Å². The number of benzene rings is 1. The van der Waals surface area contributed by atoms with Crippen molar-refractivity contribution in [3.05, 3.63) is 18.2 Å². The van der Waals surface area contributed by atoms with E-state index >= 15 is 0 Å². The zero-order valence-corrected chi connectivity index (χ0v) is 10.7. The molecule has 0 radical (unpaired) electrons. The third-order valence-corrected chi connectivity index (χ3v) is 3.49. The summed E-state index contributed by atoms with van der Waals surface area (Å²) < 4.78 is 28.7. The molecule has 2 N–H and O–H groups in total. The molecule has 0 aliphatic heterocycles. The summed E-state index contributed by atoms with van der Waals surface area (Å²) >= 11 is 0. The average molecular weight is 256 g/mol. The van der Waals surface area contributed by atoms with E-state index in [9.17, 15) is 8.42 Å². The van der Waals surface area contributed by atoms with E-state index in [1.165, 1.54) is 6.07 Å². The average Bonchev–Trinajstić information content (AvgIpc) is 3.00. The number of sulfonamides is 1. The molecule has 0 bridgehead atoms. The fourth-order valence-corrected chi connectivity index (χ4v) is 2.23. The highest BCUT2D eigenvalue weighted by Crippen LogP contribution is 2.37. The molecular formula is C11H16N2O3S. The molecule has 0 aromatic heterocycles. The third-order valence-electron chi connectivity index (χ3n) is 2.56. The van der Waals surface area contributed by atoms with Gasteiger partial charge in [-0.1, -0.05) is 6.07 Å². The Bertz CT molecular complexity index is 522. The summed E-state index contributed by atoms with van der Waals surface area (Å²) in [6, 6.07) is 4.95. The number of rotatable bonds is 4. The normalized spacial score (nSPS) is 15.7. The van der Waals surface area contributed by atoms with Crippen molar-refractivity contribution in [2.75, 3.05) is 19.0 Å². The molecule has 1 aromatic carbocycles. The standard InChI is InChI=1S/C11H16N2O3S/c1-13(2)9-4-3-5-10(17(12,14)15)11(9)16-8-6-7-8/h3-5,8H,6-7H2,1-2H3,(H2,12,14,15). The molecule has 94 valence electrons. The van der Waals surface area contributed by atoms with E-state index in [0.717, 1.165) is 18.5 Å². The molecule has 6 heteroatoms. The molecule has 0 unspecified atom stereocenters. The topological polar surface area (TPSA) is 72.6 Å². The zero-order chi connectivity index (χ0) is 12.6. The quantitative estimate of drug-likeness (QED) is 0.870. The van der Waals surface area contributed by atoms with E-state index in [-0.39, 0.29) is 11.0 Å². The van der Waals surface area contributed by atoms with E-state index in [4.69, 9.17) is 9.88 Å². The summed E-state index contributed by atoms with van der Waals surface area (Å²) in [5.41, 5.74) is 0.725. The minimum absolute atomic E-state index is 0.0515. The molecule has 1 saturated carbocycles. The van der Waals surface area contributed by atoms with Gasteiger partial charge in [0.25, 0.3) is 0 Å². The van der Waals surface area contributed by atoms with Gasteiger partial charge < -0.3 is 9.64 Å². The second kappa shape index (κ2) is 4.19. The Morgan fingerprint density at radius 1 is 1.35 bits per heavy atom. The molecule has 0 saturated heterocycles. The van der Waals surface area contributed by atoms with Gasteiger partial charge in [-0.25, -0.2) is 13.6 Å². The highest BCUT2D eigenvalue weighted by atomic mass is 32.2. The maximum Gasteiger partial charge on any atom is 0.241 e. The van der Waals surface area contributed by atoms with Gasteiger partial charge in [-0.2, -0.15) is 0 Å². The van der Waals surface area contributed by atoms with Crippen molar-refractivity contribution in [3.63, 3.8) is 0 Å². The highest BCUT2D eigenvalue weighted by Gasteiger charge is 2.28. The molecule has 0 atom stereocenters. The van der Waals surface area contributed by atoms with Crippen molar-refractivity contribution in [2.45, 2.75) is 23.8 Å². The van der Waals surface area contributed by atoms with Crippen LogP contribution in [0.5, 0.6) is 5.75 Å². The predicted molar refractivity (Wildman–Crippen MR) is 65.8 cm³/mol. The van der Waals surface area contributed by atoms with Gasteiger partial charge in [0.15, 0.2) is 5.75 Å². The summed E-state index contributed by atoms with van der Waals surface area (Å²) in [5, 5.41) is 5.20. The number of para-hydroxylation sites is 1. The fourth-order valence-electron chi connectivity index (χ4n) is 1.55. The molecule has 5 nitrogen and oxygen atoms in total. The summed E-state index contributed by atoms with van der Waals surface area (Å²) in [4.78, 5) is 1.86. The maximum atomic E-state index is 11.5. The minimum Gasteiger partial charge on any atom is -0.487 e. The first-order valence-electron chi connectivity index (χ1n) is 5.39. The molecule has 1 aliphatic carbocycles. The number of nitrogens with two attached hydrogens (primary N) is 1. The van der Waals surface area contributed by atoms with Crippen LogP contribution in [0.15, 0.2) is 23.1 Å². The van der Waals surface area contributed by atoms with Crippen molar-refractivity contribution in [2.24, 2.45) is 5.14 Å². The van der Waals surface area contributed by atoms with Crippen molar-refractivity contribution >= 4 is 15.7 Å². The lowest BCUT2D eigenvalue weighted by Gasteiger charge is -2.19. The molecule has 0 heterocycles. The first-order valence-corrected chi connectivity index (χ1v) is 6.94. The Labute approximate surface area is 101 Å². The largest absolute Gasteiger partial charge is 0.487 e. The van der Waals surface area contributed by atoms with Crippen molar-refractivity contribution in [1.29, 1.82) is 0 Å². The van der Waals surface area contributed by atoms with Gasteiger partial charge in [-0.05, 0) is 25.0 Å². The van der Waals surface area contributed by atoms with Crippen LogP contribution in [-0.4, -0.2) is 28.6 Å². The monoisotopic (exact) mass is 256 g/mol. The van der Waals surface area contributed by atoms with Crippen LogP contribution in [0.1, 0.15) is 12.8 Å². The Balaban J connectivity index is 2.53. The number of hydrogen-bond acceptors (Lipinski definition) is 4. The Hall–Kier alpha value is -1.27.